The first-order chi connectivity index (χ1) is 9.65. The van der Waals surface area contributed by atoms with Crippen molar-refractivity contribution in [3.63, 3.8) is 0 Å². The predicted molar refractivity (Wildman–Crippen MR) is 73.9 cm³/mol. The number of anilines is 1. The van der Waals surface area contributed by atoms with Crippen LogP contribution in [-0.4, -0.2) is 35.5 Å². The Morgan fingerprint density at radius 2 is 1.90 bits per heavy atom. The second-order valence-corrected chi connectivity index (χ2v) is 4.29. The average Bonchev–Trinajstić information content (AvgIpc) is 2.46. The van der Waals surface area contributed by atoms with Crippen molar-refractivity contribution < 1.29 is 14.3 Å². The summed E-state index contributed by atoms with van der Waals surface area (Å²) in [6.45, 7) is 0.549. The molecular weight excluding hydrogens is 260 g/mol. The largest absolute Gasteiger partial charge is 0.469 e. The lowest BCUT2D eigenvalue weighted by Crippen LogP contribution is -2.26. The summed E-state index contributed by atoms with van der Waals surface area (Å²) in [4.78, 5) is 30.3. The second-order valence-electron chi connectivity index (χ2n) is 4.29. The number of nitrogens with two attached hydrogens (primary N) is 1. The van der Waals surface area contributed by atoms with Gasteiger partial charge in [0.05, 0.1) is 7.11 Å². The van der Waals surface area contributed by atoms with Gasteiger partial charge in [0.15, 0.2) is 11.5 Å². The number of hydrogen-bond acceptors (Lipinski definition) is 6. The van der Waals surface area contributed by atoms with Crippen molar-refractivity contribution in [2.24, 2.45) is 0 Å². The fraction of sp³-hybridized carbons (Fsp3) is 0.538. The van der Waals surface area contributed by atoms with Crippen molar-refractivity contribution in [2.75, 3.05) is 19.4 Å². The fourth-order valence-corrected chi connectivity index (χ4v) is 1.66. The summed E-state index contributed by atoms with van der Waals surface area (Å²) in [6, 6.07) is 0. The van der Waals surface area contributed by atoms with Crippen molar-refractivity contribution in [1.82, 2.24) is 15.3 Å². The summed E-state index contributed by atoms with van der Waals surface area (Å²) in [5.74, 6) is -0.371. The summed E-state index contributed by atoms with van der Waals surface area (Å²) < 4.78 is 4.55. The molecule has 1 heterocycles. The number of methoxy groups -OCH3 is 1. The lowest BCUT2D eigenvalue weighted by molar-refractivity contribution is -0.140. The zero-order valence-corrected chi connectivity index (χ0v) is 11.6. The number of ether oxygens (including phenoxy) is 1. The number of nitrogens with one attached hydrogen (secondary N) is 1. The molecule has 7 nitrogen and oxygen atoms in total. The predicted octanol–water partition coefficient (Wildman–Crippen LogP) is 0.912. The van der Waals surface area contributed by atoms with Crippen molar-refractivity contribution in [3.8, 4) is 0 Å². The molecule has 0 aliphatic carbocycles. The molecule has 20 heavy (non-hydrogen) atoms. The Kier molecular flexibility index (Phi) is 7.02. The summed E-state index contributed by atoms with van der Waals surface area (Å²) >= 11 is 0. The monoisotopic (exact) mass is 280 g/mol. The number of hydrogen-bond donors (Lipinski definition) is 2. The van der Waals surface area contributed by atoms with Crippen LogP contribution in [0.1, 0.15) is 42.6 Å². The third kappa shape index (κ3) is 5.64. The molecule has 0 fully saturated rings. The first-order valence-electron chi connectivity index (χ1n) is 6.56. The molecule has 7 heteroatoms. The molecule has 0 bridgehead atoms. The van der Waals surface area contributed by atoms with Crippen LogP contribution < -0.4 is 11.1 Å². The molecular formula is C13H20N4O3. The Morgan fingerprint density at radius 1 is 1.20 bits per heavy atom. The fourth-order valence-electron chi connectivity index (χ4n) is 1.66. The van der Waals surface area contributed by atoms with E-state index in [2.05, 4.69) is 20.0 Å². The first-order valence-corrected chi connectivity index (χ1v) is 6.56. The molecule has 0 unspecified atom stereocenters. The number of carbonyl (C=O) groups excluding carboxylic acids is 2. The zero-order chi connectivity index (χ0) is 14.8. The second kappa shape index (κ2) is 8.84. The minimum Gasteiger partial charge on any atom is -0.469 e. The third-order valence-electron chi connectivity index (χ3n) is 2.76. The van der Waals surface area contributed by atoms with Gasteiger partial charge in [-0.15, -0.1) is 0 Å². The molecule has 0 aliphatic rings. The quantitative estimate of drug-likeness (QED) is 0.541. The first kappa shape index (κ1) is 15.9. The van der Waals surface area contributed by atoms with Crippen LogP contribution in [0.3, 0.4) is 0 Å². The van der Waals surface area contributed by atoms with E-state index in [4.69, 9.17) is 5.73 Å². The highest BCUT2D eigenvalue weighted by Gasteiger charge is 2.10. The summed E-state index contributed by atoms with van der Waals surface area (Å²) in [5.41, 5.74) is 5.71. The van der Waals surface area contributed by atoms with Gasteiger partial charge in [-0.3, -0.25) is 9.59 Å². The molecule has 1 amide bonds. The molecule has 0 aliphatic heterocycles. The Labute approximate surface area is 117 Å². The molecule has 1 rings (SSSR count). The number of nitrogen functional groups attached to an aromatic ring is 1. The number of esters is 1. The standard InChI is InChI=1S/C13H20N4O3/c1-20-10(18)6-4-2-3-5-7-17-13(19)11-12(14)16-9-8-15-11/h8-9H,2-7H2,1H3,(H2,14,16)(H,17,19). The highest BCUT2D eigenvalue weighted by molar-refractivity contribution is 5.96. The average molecular weight is 280 g/mol. The number of unbranched alkanes of at least 4 members (excludes halogenated alkanes) is 3. The molecule has 0 saturated heterocycles. The molecule has 3 N–H and O–H groups in total. The molecule has 0 atom stereocenters. The van der Waals surface area contributed by atoms with Gasteiger partial charge in [-0.05, 0) is 12.8 Å². The minimum atomic E-state index is -0.315. The molecule has 0 saturated carbocycles. The number of amides is 1. The highest BCUT2D eigenvalue weighted by Crippen LogP contribution is 2.05. The van der Waals surface area contributed by atoms with Crippen LogP contribution in [0.4, 0.5) is 5.82 Å². The molecule has 0 aromatic carbocycles. The van der Waals surface area contributed by atoms with Gasteiger partial charge in [0.25, 0.3) is 5.91 Å². The Balaban J connectivity index is 2.11. The van der Waals surface area contributed by atoms with Crippen LogP contribution in [0.2, 0.25) is 0 Å². The van der Waals surface area contributed by atoms with Crippen molar-refractivity contribution in [1.29, 1.82) is 0 Å². The molecule has 0 spiro atoms. The summed E-state index contributed by atoms with van der Waals surface area (Å²) in [5, 5.41) is 2.74. The van der Waals surface area contributed by atoms with Crippen molar-refractivity contribution >= 4 is 17.7 Å². The van der Waals surface area contributed by atoms with Crippen LogP contribution >= 0.6 is 0 Å². The zero-order valence-electron chi connectivity index (χ0n) is 11.6. The highest BCUT2D eigenvalue weighted by atomic mass is 16.5. The normalized spacial score (nSPS) is 10.1. The van der Waals surface area contributed by atoms with Crippen molar-refractivity contribution in [2.45, 2.75) is 32.1 Å². The van der Waals surface area contributed by atoms with Gasteiger partial charge in [-0.2, -0.15) is 0 Å². The molecule has 1 aromatic heterocycles. The lowest BCUT2D eigenvalue weighted by Gasteiger charge is -2.05. The van der Waals surface area contributed by atoms with E-state index in [9.17, 15) is 9.59 Å². The number of carbonyl (C=O) groups is 2. The van der Waals surface area contributed by atoms with Gasteiger partial charge in [0.1, 0.15) is 0 Å². The molecule has 110 valence electrons. The van der Waals surface area contributed by atoms with E-state index in [1.165, 1.54) is 19.5 Å². The van der Waals surface area contributed by atoms with E-state index in [0.717, 1.165) is 25.7 Å². The number of rotatable bonds is 8. The minimum absolute atomic E-state index is 0.128. The van der Waals surface area contributed by atoms with Crippen LogP contribution in [-0.2, 0) is 9.53 Å². The summed E-state index contributed by atoms with van der Waals surface area (Å²) in [7, 11) is 1.38. The number of nitrogens with zero attached hydrogens (tertiary/aromatic N) is 2. The van der Waals surface area contributed by atoms with Gasteiger partial charge < -0.3 is 15.8 Å². The molecule has 0 radical (unpaired) electrons. The van der Waals surface area contributed by atoms with Crippen LogP contribution in [0, 0.1) is 0 Å². The maximum atomic E-state index is 11.7. The van der Waals surface area contributed by atoms with Gasteiger partial charge in [0, 0.05) is 25.4 Å². The topological polar surface area (TPSA) is 107 Å². The van der Waals surface area contributed by atoms with E-state index >= 15 is 0 Å². The van der Waals surface area contributed by atoms with Gasteiger partial charge in [0.2, 0.25) is 0 Å². The lowest BCUT2D eigenvalue weighted by atomic mass is 10.1. The van der Waals surface area contributed by atoms with E-state index in [1.54, 1.807) is 0 Å². The van der Waals surface area contributed by atoms with Gasteiger partial charge in [-0.25, -0.2) is 9.97 Å². The number of aromatic nitrogens is 2. The van der Waals surface area contributed by atoms with Crippen LogP contribution in [0.5, 0.6) is 0 Å². The van der Waals surface area contributed by atoms with Crippen LogP contribution in [0.15, 0.2) is 12.4 Å². The third-order valence-corrected chi connectivity index (χ3v) is 2.76. The maximum Gasteiger partial charge on any atom is 0.305 e. The Bertz CT molecular complexity index is 451. The van der Waals surface area contributed by atoms with E-state index in [0.29, 0.717) is 13.0 Å². The van der Waals surface area contributed by atoms with Crippen LogP contribution in [0.25, 0.3) is 0 Å². The molecule has 1 aromatic rings. The Morgan fingerprint density at radius 3 is 2.60 bits per heavy atom. The smallest absolute Gasteiger partial charge is 0.305 e. The van der Waals surface area contributed by atoms with Crippen molar-refractivity contribution in [3.05, 3.63) is 18.1 Å². The SMILES string of the molecule is COC(=O)CCCCCCNC(=O)c1nccnc1N. The maximum absolute atomic E-state index is 11.7. The van der Waals surface area contributed by atoms with E-state index < -0.39 is 0 Å². The van der Waals surface area contributed by atoms with E-state index in [-0.39, 0.29) is 23.4 Å². The van der Waals surface area contributed by atoms with Gasteiger partial charge >= 0.3 is 5.97 Å². The van der Waals surface area contributed by atoms with Gasteiger partial charge in [-0.1, -0.05) is 12.8 Å². The summed E-state index contributed by atoms with van der Waals surface area (Å²) in [6.07, 6.45) is 6.82. The Hall–Kier alpha value is -2.18. The van der Waals surface area contributed by atoms with E-state index in [1.807, 2.05) is 0 Å².